The number of furan rings is 1. The first-order chi connectivity index (χ1) is 8.22. The number of likely N-dealkylation sites (tertiary alicyclic amines) is 1. The molecule has 2 saturated heterocycles. The molecular formula is C12H16BrClN2O2. The molecule has 100 valence electrons. The number of fused-ring (bicyclic) bond motifs is 2. The summed E-state index contributed by atoms with van der Waals surface area (Å²) in [7, 11) is 0. The van der Waals surface area contributed by atoms with Gasteiger partial charge in [0.2, 0.25) is 0 Å². The van der Waals surface area contributed by atoms with E-state index in [9.17, 15) is 4.79 Å². The van der Waals surface area contributed by atoms with Crippen LogP contribution >= 0.6 is 28.3 Å². The fraction of sp³-hybridized carbons (Fsp3) is 0.583. The summed E-state index contributed by atoms with van der Waals surface area (Å²) in [6, 6.07) is 4.55. The summed E-state index contributed by atoms with van der Waals surface area (Å²) >= 11 is 3.22. The van der Waals surface area contributed by atoms with Crippen LogP contribution in [-0.2, 0) is 0 Å². The molecule has 6 heteroatoms. The lowest BCUT2D eigenvalue weighted by molar-refractivity contribution is 0.0714. The number of rotatable bonds is 1. The molecule has 18 heavy (non-hydrogen) atoms. The fourth-order valence-electron chi connectivity index (χ4n) is 2.71. The zero-order chi connectivity index (χ0) is 11.8. The second kappa shape index (κ2) is 5.63. The quantitative estimate of drug-likeness (QED) is 0.857. The van der Waals surface area contributed by atoms with Crippen LogP contribution < -0.4 is 5.32 Å². The summed E-state index contributed by atoms with van der Waals surface area (Å²) in [6.07, 6.45) is 3.47. The Balaban J connectivity index is 0.00000120. The van der Waals surface area contributed by atoms with Crippen molar-refractivity contribution in [1.82, 2.24) is 10.2 Å². The van der Waals surface area contributed by atoms with E-state index in [1.807, 2.05) is 4.90 Å². The van der Waals surface area contributed by atoms with Crippen LogP contribution in [0.25, 0.3) is 0 Å². The van der Waals surface area contributed by atoms with E-state index in [1.54, 1.807) is 12.1 Å². The molecule has 0 aliphatic carbocycles. The van der Waals surface area contributed by atoms with Crippen molar-refractivity contribution < 1.29 is 9.21 Å². The standard InChI is InChI=1S/C12H15BrN2O2.ClH/c13-11-4-3-10(17-11)12(16)15-6-5-8-1-2-9(7-15)14-8;/h3-4,8-9,14H,1-2,5-7H2;1H. The lowest BCUT2D eigenvalue weighted by atomic mass is 10.1. The minimum absolute atomic E-state index is 0. The summed E-state index contributed by atoms with van der Waals surface area (Å²) in [5.41, 5.74) is 0. The van der Waals surface area contributed by atoms with Gasteiger partial charge in [-0.15, -0.1) is 12.4 Å². The van der Waals surface area contributed by atoms with E-state index in [1.165, 1.54) is 12.8 Å². The molecule has 0 aromatic carbocycles. The van der Waals surface area contributed by atoms with Crippen molar-refractivity contribution in [3.05, 3.63) is 22.6 Å². The van der Waals surface area contributed by atoms with Gasteiger partial charge < -0.3 is 14.6 Å². The first-order valence-corrected chi connectivity index (χ1v) is 6.82. The SMILES string of the molecule is Cl.O=C(c1ccc(Br)o1)N1CCC2CCC(C1)N2. The molecule has 0 spiro atoms. The first-order valence-electron chi connectivity index (χ1n) is 6.03. The largest absolute Gasteiger partial charge is 0.444 e. The van der Waals surface area contributed by atoms with Gasteiger partial charge in [-0.25, -0.2) is 0 Å². The Morgan fingerprint density at radius 2 is 2.11 bits per heavy atom. The third kappa shape index (κ3) is 2.73. The van der Waals surface area contributed by atoms with E-state index >= 15 is 0 Å². The van der Waals surface area contributed by atoms with Gasteiger partial charge in [0.25, 0.3) is 5.91 Å². The van der Waals surface area contributed by atoms with E-state index in [-0.39, 0.29) is 18.3 Å². The lowest BCUT2D eigenvalue weighted by Gasteiger charge is -2.23. The minimum Gasteiger partial charge on any atom is -0.444 e. The maximum Gasteiger partial charge on any atom is 0.289 e. The van der Waals surface area contributed by atoms with Crippen molar-refractivity contribution in [2.75, 3.05) is 13.1 Å². The van der Waals surface area contributed by atoms with Crippen LogP contribution in [0.4, 0.5) is 0 Å². The van der Waals surface area contributed by atoms with Crippen LogP contribution in [-0.4, -0.2) is 36.0 Å². The van der Waals surface area contributed by atoms with Crippen LogP contribution in [0.5, 0.6) is 0 Å². The van der Waals surface area contributed by atoms with Gasteiger partial charge in [-0.2, -0.15) is 0 Å². The van der Waals surface area contributed by atoms with Gasteiger partial charge in [-0.1, -0.05) is 0 Å². The fourth-order valence-corrected chi connectivity index (χ4v) is 3.02. The molecule has 2 fully saturated rings. The minimum atomic E-state index is 0. The van der Waals surface area contributed by atoms with Crippen molar-refractivity contribution >= 4 is 34.2 Å². The van der Waals surface area contributed by atoms with Crippen LogP contribution in [0, 0.1) is 0 Å². The molecule has 3 rings (SSSR count). The molecule has 2 aliphatic rings. The zero-order valence-electron chi connectivity index (χ0n) is 9.89. The van der Waals surface area contributed by atoms with E-state index in [0.717, 1.165) is 19.5 Å². The highest BCUT2D eigenvalue weighted by molar-refractivity contribution is 9.10. The van der Waals surface area contributed by atoms with E-state index in [4.69, 9.17) is 4.42 Å². The molecule has 2 atom stereocenters. The molecule has 2 bridgehead atoms. The Morgan fingerprint density at radius 3 is 2.83 bits per heavy atom. The predicted molar refractivity (Wildman–Crippen MR) is 74.1 cm³/mol. The summed E-state index contributed by atoms with van der Waals surface area (Å²) < 4.78 is 5.93. The monoisotopic (exact) mass is 334 g/mol. The number of carbonyl (C=O) groups is 1. The molecule has 2 aliphatic heterocycles. The highest BCUT2D eigenvalue weighted by atomic mass is 79.9. The molecule has 0 radical (unpaired) electrons. The average molecular weight is 336 g/mol. The number of nitrogens with one attached hydrogen (secondary N) is 1. The summed E-state index contributed by atoms with van der Waals surface area (Å²) in [6.45, 7) is 1.62. The Bertz CT molecular complexity index is 437. The molecule has 0 saturated carbocycles. The van der Waals surface area contributed by atoms with Crippen LogP contribution in [0.2, 0.25) is 0 Å². The normalized spacial score (nSPS) is 26.6. The van der Waals surface area contributed by atoms with Gasteiger partial charge in [-0.05, 0) is 47.3 Å². The number of nitrogens with zero attached hydrogens (tertiary/aromatic N) is 1. The first kappa shape index (κ1) is 13.9. The van der Waals surface area contributed by atoms with Gasteiger partial charge >= 0.3 is 0 Å². The van der Waals surface area contributed by atoms with E-state index < -0.39 is 0 Å². The van der Waals surface area contributed by atoms with Crippen LogP contribution in [0.3, 0.4) is 0 Å². The van der Waals surface area contributed by atoms with Gasteiger partial charge in [0, 0.05) is 25.2 Å². The van der Waals surface area contributed by atoms with E-state index in [0.29, 0.717) is 22.5 Å². The third-order valence-corrected chi connectivity index (χ3v) is 4.02. The third-order valence-electron chi connectivity index (χ3n) is 3.59. The second-order valence-electron chi connectivity index (χ2n) is 4.78. The second-order valence-corrected chi connectivity index (χ2v) is 5.56. The number of halogens is 2. The number of amides is 1. The number of hydrogen-bond donors (Lipinski definition) is 1. The summed E-state index contributed by atoms with van der Waals surface area (Å²) in [5, 5.41) is 3.56. The Morgan fingerprint density at radius 1 is 1.33 bits per heavy atom. The molecule has 3 heterocycles. The molecule has 4 nitrogen and oxygen atoms in total. The maximum absolute atomic E-state index is 12.2. The lowest BCUT2D eigenvalue weighted by Crippen LogP contribution is -2.38. The van der Waals surface area contributed by atoms with Crippen molar-refractivity contribution in [2.45, 2.75) is 31.3 Å². The molecule has 1 aromatic rings. The highest BCUT2D eigenvalue weighted by Gasteiger charge is 2.32. The molecule has 1 amide bonds. The number of carbonyl (C=O) groups excluding carboxylic acids is 1. The van der Waals surface area contributed by atoms with E-state index in [2.05, 4.69) is 21.2 Å². The Kier molecular flexibility index (Phi) is 4.35. The topological polar surface area (TPSA) is 45.5 Å². The van der Waals surface area contributed by atoms with Gasteiger partial charge in [0.1, 0.15) is 0 Å². The zero-order valence-corrected chi connectivity index (χ0v) is 12.3. The Hall–Kier alpha value is -0.520. The highest BCUT2D eigenvalue weighted by Crippen LogP contribution is 2.22. The Labute approximate surface area is 121 Å². The maximum atomic E-state index is 12.2. The van der Waals surface area contributed by atoms with Crippen LogP contribution in [0.1, 0.15) is 29.8 Å². The van der Waals surface area contributed by atoms with Crippen LogP contribution in [0.15, 0.2) is 21.2 Å². The predicted octanol–water partition coefficient (Wildman–Crippen LogP) is 2.43. The molecule has 1 N–H and O–H groups in total. The smallest absolute Gasteiger partial charge is 0.289 e. The van der Waals surface area contributed by atoms with Crippen molar-refractivity contribution in [1.29, 1.82) is 0 Å². The van der Waals surface area contributed by atoms with Crippen molar-refractivity contribution in [2.24, 2.45) is 0 Å². The molecule has 2 unspecified atom stereocenters. The van der Waals surface area contributed by atoms with Gasteiger partial charge in [-0.3, -0.25) is 4.79 Å². The molecular weight excluding hydrogens is 320 g/mol. The van der Waals surface area contributed by atoms with Gasteiger partial charge in [0.15, 0.2) is 10.4 Å². The molecule has 1 aromatic heterocycles. The summed E-state index contributed by atoms with van der Waals surface area (Å²) in [4.78, 5) is 14.1. The number of hydrogen-bond acceptors (Lipinski definition) is 3. The van der Waals surface area contributed by atoms with Crippen molar-refractivity contribution in [3.8, 4) is 0 Å². The van der Waals surface area contributed by atoms with Gasteiger partial charge in [0.05, 0.1) is 0 Å². The summed E-state index contributed by atoms with van der Waals surface area (Å²) in [5.74, 6) is 0.430. The average Bonchev–Trinajstić information content (AvgIpc) is 2.84. The van der Waals surface area contributed by atoms with Crippen molar-refractivity contribution in [3.63, 3.8) is 0 Å².